The summed E-state index contributed by atoms with van der Waals surface area (Å²) >= 11 is 0. The first-order valence-electron chi connectivity index (χ1n) is 4.78. The second-order valence-electron chi connectivity index (χ2n) is 3.74. The van der Waals surface area contributed by atoms with Gasteiger partial charge in [0.15, 0.2) is 0 Å². The molecule has 0 aromatic carbocycles. The van der Waals surface area contributed by atoms with Crippen LogP contribution in [-0.4, -0.2) is 73.9 Å². The Labute approximate surface area is 84.2 Å². The smallest absolute Gasteiger partial charge is 0.237 e. The third-order valence-corrected chi connectivity index (χ3v) is 2.21. The molecule has 5 nitrogen and oxygen atoms in total. The van der Waals surface area contributed by atoms with Crippen LogP contribution in [0.5, 0.6) is 0 Å². The molecule has 0 aromatic rings. The van der Waals surface area contributed by atoms with Crippen molar-refractivity contribution in [1.82, 2.24) is 9.80 Å². The van der Waals surface area contributed by atoms with E-state index < -0.39 is 0 Å². The molecular formula is C9H18N2O3. The molecule has 1 aliphatic rings. The lowest BCUT2D eigenvalue weighted by Crippen LogP contribution is -2.52. The number of carbonyl (C=O) groups excluding carboxylic acids is 1. The van der Waals surface area contributed by atoms with Crippen molar-refractivity contribution in [3.8, 4) is 0 Å². The monoisotopic (exact) mass is 202 g/mol. The Hall–Kier alpha value is -0.650. The average Bonchev–Trinajstić information content (AvgIpc) is 2.16. The van der Waals surface area contributed by atoms with Gasteiger partial charge in [0.25, 0.3) is 0 Å². The molecule has 1 unspecified atom stereocenters. The van der Waals surface area contributed by atoms with Gasteiger partial charge in [-0.25, -0.2) is 0 Å². The number of nitrogens with zero attached hydrogens (tertiary/aromatic N) is 2. The zero-order chi connectivity index (χ0) is 10.6. The van der Waals surface area contributed by atoms with Crippen molar-refractivity contribution in [2.45, 2.75) is 6.04 Å². The summed E-state index contributed by atoms with van der Waals surface area (Å²) in [4.78, 5) is 15.2. The van der Waals surface area contributed by atoms with Gasteiger partial charge in [0.05, 0.1) is 32.4 Å². The third kappa shape index (κ3) is 2.94. The summed E-state index contributed by atoms with van der Waals surface area (Å²) < 4.78 is 5.19. The summed E-state index contributed by atoms with van der Waals surface area (Å²) in [6, 6.07) is -0.170. The normalized spacial score (nSPS) is 22.9. The Kier molecular flexibility index (Phi) is 4.31. The number of likely N-dealkylation sites (N-methyl/N-ethyl adjacent to an activating group) is 1. The zero-order valence-electron chi connectivity index (χ0n) is 8.77. The Morgan fingerprint density at radius 2 is 2.36 bits per heavy atom. The molecule has 1 N–H and O–H groups in total. The first kappa shape index (κ1) is 11.4. The van der Waals surface area contributed by atoms with Crippen LogP contribution in [0, 0.1) is 0 Å². The van der Waals surface area contributed by atoms with Gasteiger partial charge < -0.3 is 19.6 Å². The van der Waals surface area contributed by atoms with Gasteiger partial charge >= 0.3 is 0 Å². The molecule has 1 rings (SSSR count). The maximum atomic E-state index is 11.7. The molecule has 1 aliphatic heterocycles. The highest BCUT2D eigenvalue weighted by molar-refractivity contribution is 5.78. The van der Waals surface area contributed by atoms with Crippen molar-refractivity contribution in [3.05, 3.63) is 0 Å². The lowest BCUT2D eigenvalue weighted by atomic mass is 10.2. The van der Waals surface area contributed by atoms with Gasteiger partial charge in [-0.2, -0.15) is 0 Å². The van der Waals surface area contributed by atoms with E-state index in [-0.39, 0.29) is 18.6 Å². The van der Waals surface area contributed by atoms with Gasteiger partial charge in [0.2, 0.25) is 5.91 Å². The number of aliphatic hydroxyl groups is 1. The van der Waals surface area contributed by atoms with Gasteiger partial charge in [-0.1, -0.05) is 0 Å². The van der Waals surface area contributed by atoms with Crippen LogP contribution >= 0.6 is 0 Å². The van der Waals surface area contributed by atoms with Gasteiger partial charge in [-0.15, -0.1) is 0 Å². The molecule has 0 spiro atoms. The van der Waals surface area contributed by atoms with Crippen molar-refractivity contribution in [3.63, 3.8) is 0 Å². The minimum absolute atomic E-state index is 0.0286. The fourth-order valence-electron chi connectivity index (χ4n) is 1.50. The molecule has 1 heterocycles. The van der Waals surface area contributed by atoms with Crippen LogP contribution in [0.15, 0.2) is 0 Å². The van der Waals surface area contributed by atoms with E-state index >= 15 is 0 Å². The lowest BCUT2D eigenvalue weighted by molar-refractivity contribution is -0.142. The second kappa shape index (κ2) is 5.29. The highest BCUT2D eigenvalue weighted by Gasteiger charge is 2.26. The fourth-order valence-corrected chi connectivity index (χ4v) is 1.50. The third-order valence-electron chi connectivity index (χ3n) is 2.21. The summed E-state index contributed by atoms with van der Waals surface area (Å²) in [5.74, 6) is 0.0531. The molecule has 5 heteroatoms. The number of rotatable bonds is 3. The van der Waals surface area contributed by atoms with Crippen LogP contribution in [0.4, 0.5) is 0 Å². The van der Waals surface area contributed by atoms with Crippen molar-refractivity contribution in [2.75, 3.05) is 47.0 Å². The van der Waals surface area contributed by atoms with Crippen molar-refractivity contribution in [2.24, 2.45) is 0 Å². The highest BCUT2D eigenvalue weighted by atomic mass is 16.5. The molecule has 1 saturated heterocycles. The molecule has 0 aromatic heterocycles. The van der Waals surface area contributed by atoms with E-state index in [0.717, 1.165) is 0 Å². The first-order valence-corrected chi connectivity index (χ1v) is 4.78. The van der Waals surface area contributed by atoms with Crippen LogP contribution in [0.25, 0.3) is 0 Å². The van der Waals surface area contributed by atoms with Crippen LogP contribution in [-0.2, 0) is 9.53 Å². The molecule has 0 saturated carbocycles. The van der Waals surface area contributed by atoms with Gasteiger partial charge in [0, 0.05) is 6.54 Å². The number of carbonyl (C=O) groups is 1. The maximum absolute atomic E-state index is 11.7. The Morgan fingerprint density at radius 1 is 1.64 bits per heavy atom. The number of hydrogen-bond acceptors (Lipinski definition) is 4. The number of morpholine rings is 1. The van der Waals surface area contributed by atoms with Crippen LogP contribution < -0.4 is 0 Å². The first-order chi connectivity index (χ1) is 6.65. The highest BCUT2D eigenvalue weighted by Crippen LogP contribution is 2.06. The summed E-state index contributed by atoms with van der Waals surface area (Å²) in [6.07, 6.45) is 0. The summed E-state index contributed by atoms with van der Waals surface area (Å²) in [5.41, 5.74) is 0. The van der Waals surface area contributed by atoms with Crippen LogP contribution in [0.1, 0.15) is 0 Å². The van der Waals surface area contributed by atoms with Gasteiger partial charge in [-0.05, 0) is 14.1 Å². The predicted octanol–water partition coefficient (Wildman–Crippen LogP) is -1.23. The molecule has 1 fully saturated rings. The summed E-state index contributed by atoms with van der Waals surface area (Å²) in [5, 5.41) is 9.06. The van der Waals surface area contributed by atoms with E-state index in [9.17, 15) is 4.79 Å². The minimum atomic E-state index is -0.170. The van der Waals surface area contributed by atoms with Crippen molar-refractivity contribution < 1.29 is 14.6 Å². The number of amides is 1. The maximum Gasteiger partial charge on any atom is 0.237 e. The van der Waals surface area contributed by atoms with Crippen molar-refractivity contribution in [1.29, 1.82) is 0 Å². The molecule has 0 radical (unpaired) electrons. The van der Waals surface area contributed by atoms with E-state index in [0.29, 0.717) is 26.3 Å². The number of ether oxygens (including phenoxy) is 1. The minimum Gasteiger partial charge on any atom is -0.394 e. The summed E-state index contributed by atoms with van der Waals surface area (Å²) in [6.45, 7) is 1.94. The lowest BCUT2D eigenvalue weighted by Gasteiger charge is -2.35. The van der Waals surface area contributed by atoms with Crippen LogP contribution in [0.3, 0.4) is 0 Å². The zero-order valence-corrected chi connectivity index (χ0v) is 8.77. The van der Waals surface area contributed by atoms with Crippen LogP contribution in [0.2, 0.25) is 0 Å². The molecule has 1 amide bonds. The molecule has 82 valence electrons. The standard InChI is InChI=1S/C9H18N2O3/c1-10(2)5-9(13)11-3-4-14-7-8(11)6-12/h8,12H,3-7H2,1-2H3. The molecule has 0 aliphatic carbocycles. The quantitative estimate of drug-likeness (QED) is 0.622. The average molecular weight is 202 g/mol. The molecule has 14 heavy (non-hydrogen) atoms. The van der Waals surface area contributed by atoms with E-state index in [2.05, 4.69) is 0 Å². The van der Waals surface area contributed by atoms with Gasteiger partial charge in [0.1, 0.15) is 0 Å². The van der Waals surface area contributed by atoms with E-state index in [4.69, 9.17) is 9.84 Å². The second-order valence-corrected chi connectivity index (χ2v) is 3.74. The van der Waals surface area contributed by atoms with Gasteiger partial charge in [-0.3, -0.25) is 4.79 Å². The van der Waals surface area contributed by atoms with Crippen molar-refractivity contribution >= 4 is 5.91 Å². The Bertz CT molecular complexity index is 196. The van der Waals surface area contributed by atoms with E-state index in [1.54, 1.807) is 4.90 Å². The van der Waals surface area contributed by atoms with E-state index in [1.807, 2.05) is 19.0 Å². The Morgan fingerprint density at radius 3 is 2.93 bits per heavy atom. The predicted molar refractivity (Wildman–Crippen MR) is 52.0 cm³/mol. The number of aliphatic hydroxyl groups excluding tert-OH is 1. The molecular weight excluding hydrogens is 184 g/mol. The molecule has 0 bridgehead atoms. The number of hydrogen-bond donors (Lipinski definition) is 1. The largest absolute Gasteiger partial charge is 0.394 e. The fraction of sp³-hybridized carbons (Fsp3) is 0.889. The Balaban J connectivity index is 2.50. The summed E-state index contributed by atoms with van der Waals surface area (Å²) in [7, 11) is 3.71. The topological polar surface area (TPSA) is 53.0 Å². The SMILES string of the molecule is CN(C)CC(=O)N1CCOCC1CO. The molecule has 1 atom stereocenters. The van der Waals surface area contributed by atoms with E-state index in [1.165, 1.54) is 0 Å².